The predicted molar refractivity (Wildman–Crippen MR) is 120 cm³/mol. The van der Waals surface area contributed by atoms with Crippen LogP contribution in [-0.4, -0.2) is 22.3 Å². The monoisotopic (exact) mass is 400 g/mol. The molecule has 0 aromatic heterocycles. The van der Waals surface area contributed by atoms with E-state index in [4.69, 9.17) is 0 Å². The number of Topliss-reactive ketones (excluding diaryl/α,β-unsaturated/α-hetero) is 2. The van der Waals surface area contributed by atoms with Gasteiger partial charge in [0.1, 0.15) is 11.6 Å². The van der Waals surface area contributed by atoms with Crippen LogP contribution in [0.3, 0.4) is 0 Å². The lowest BCUT2D eigenvalue weighted by Crippen LogP contribution is -2.61. The van der Waals surface area contributed by atoms with Gasteiger partial charge in [-0.3, -0.25) is 9.59 Å². The van der Waals surface area contributed by atoms with Crippen LogP contribution in [0.25, 0.3) is 0 Å². The highest BCUT2D eigenvalue weighted by Crippen LogP contribution is 2.67. The second-order valence-electron chi connectivity index (χ2n) is 10.4. The Balaban J connectivity index is 2.60. The highest BCUT2D eigenvalue weighted by molar-refractivity contribution is 6.06. The third-order valence-electron chi connectivity index (χ3n) is 7.46. The molecule has 0 spiro atoms. The highest BCUT2D eigenvalue weighted by Gasteiger charge is 2.72. The average Bonchev–Trinajstić information content (AvgIpc) is 2.77. The molecule has 2 aliphatic rings. The number of aliphatic hydroxyl groups is 1. The van der Waals surface area contributed by atoms with Crippen molar-refractivity contribution in [1.82, 2.24) is 0 Å². The molecule has 3 nitrogen and oxygen atoms in total. The number of hydrogen-bond acceptors (Lipinski definition) is 3. The summed E-state index contributed by atoms with van der Waals surface area (Å²) in [4.78, 5) is 25.9. The summed E-state index contributed by atoms with van der Waals surface area (Å²) in [5.41, 5.74) is 1.04. The second kappa shape index (κ2) is 8.71. The normalized spacial score (nSPS) is 33.9. The minimum absolute atomic E-state index is 0.0294. The Kier molecular flexibility index (Phi) is 7.15. The van der Waals surface area contributed by atoms with Crippen LogP contribution in [0.5, 0.6) is 0 Å². The van der Waals surface area contributed by atoms with Gasteiger partial charge in [0.05, 0.1) is 17.4 Å². The summed E-state index contributed by atoms with van der Waals surface area (Å²) in [5, 5.41) is 12.2. The first-order valence-electron chi connectivity index (χ1n) is 11.1. The molecule has 0 unspecified atom stereocenters. The maximum atomic E-state index is 13.3. The van der Waals surface area contributed by atoms with Crippen LogP contribution >= 0.6 is 0 Å². The zero-order valence-corrected chi connectivity index (χ0v) is 19.5. The molecule has 2 fully saturated rings. The van der Waals surface area contributed by atoms with Gasteiger partial charge in [0.25, 0.3) is 0 Å². The molecule has 3 heteroatoms. The Morgan fingerprint density at radius 2 is 1.59 bits per heavy atom. The topological polar surface area (TPSA) is 54.4 Å². The van der Waals surface area contributed by atoms with E-state index in [1.165, 1.54) is 11.1 Å². The van der Waals surface area contributed by atoms with Crippen molar-refractivity contribution in [3.8, 4) is 0 Å². The molecule has 0 aromatic carbocycles. The van der Waals surface area contributed by atoms with Crippen LogP contribution in [0.15, 0.2) is 34.9 Å². The van der Waals surface area contributed by atoms with Crippen molar-refractivity contribution >= 4 is 11.6 Å². The zero-order chi connectivity index (χ0) is 22.0. The second-order valence-corrected chi connectivity index (χ2v) is 10.4. The maximum Gasteiger partial charge on any atom is 0.149 e. The fraction of sp³-hybridized carbons (Fsp3) is 0.692. The Labute approximate surface area is 177 Å². The van der Waals surface area contributed by atoms with Crippen molar-refractivity contribution < 1.29 is 14.7 Å². The van der Waals surface area contributed by atoms with Gasteiger partial charge in [-0.05, 0) is 79.6 Å². The van der Waals surface area contributed by atoms with E-state index in [2.05, 4.69) is 52.8 Å². The Hall–Kier alpha value is -1.48. The number of carbonyl (C=O) groups is 2. The van der Waals surface area contributed by atoms with Gasteiger partial charge in [-0.2, -0.15) is 0 Å². The summed E-state index contributed by atoms with van der Waals surface area (Å²) < 4.78 is 0. The van der Waals surface area contributed by atoms with E-state index < -0.39 is 16.4 Å². The van der Waals surface area contributed by atoms with E-state index in [1.807, 2.05) is 13.8 Å². The summed E-state index contributed by atoms with van der Waals surface area (Å²) >= 11 is 0. The third kappa shape index (κ3) is 4.35. The molecule has 0 radical (unpaired) electrons. The number of carbonyl (C=O) groups excluding carboxylic acids is 2. The van der Waals surface area contributed by atoms with Gasteiger partial charge in [0.2, 0.25) is 0 Å². The molecule has 2 saturated carbocycles. The van der Waals surface area contributed by atoms with Gasteiger partial charge >= 0.3 is 0 Å². The van der Waals surface area contributed by atoms with Gasteiger partial charge in [0.15, 0.2) is 0 Å². The molecule has 2 aliphatic carbocycles. The first kappa shape index (κ1) is 23.8. The van der Waals surface area contributed by atoms with Gasteiger partial charge in [-0.15, -0.1) is 0 Å². The fourth-order valence-electron chi connectivity index (χ4n) is 5.65. The first-order chi connectivity index (χ1) is 13.4. The van der Waals surface area contributed by atoms with Crippen molar-refractivity contribution in [2.45, 2.75) is 99.0 Å². The van der Waals surface area contributed by atoms with Crippen molar-refractivity contribution in [2.75, 3.05) is 0 Å². The number of ketones is 2. The largest absolute Gasteiger partial charge is 0.388 e. The van der Waals surface area contributed by atoms with Gasteiger partial charge in [0, 0.05) is 11.8 Å². The van der Waals surface area contributed by atoms with Gasteiger partial charge in [-0.25, -0.2) is 0 Å². The molecular formula is C26H40O3. The Morgan fingerprint density at radius 3 is 2.14 bits per heavy atom. The lowest BCUT2D eigenvalue weighted by atomic mass is 9.55. The van der Waals surface area contributed by atoms with E-state index in [0.29, 0.717) is 12.8 Å². The summed E-state index contributed by atoms with van der Waals surface area (Å²) in [7, 11) is 0. The number of rotatable bonds is 7. The molecule has 1 N–H and O–H groups in total. The van der Waals surface area contributed by atoms with E-state index in [1.54, 1.807) is 0 Å². The fourth-order valence-corrected chi connectivity index (χ4v) is 5.65. The summed E-state index contributed by atoms with van der Waals surface area (Å²) in [5.74, 6) is 0.0110. The van der Waals surface area contributed by atoms with Crippen molar-refractivity contribution in [2.24, 2.45) is 16.7 Å². The highest BCUT2D eigenvalue weighted by atomic mass is 16.3. The molecule has 0 amide bonds. The van der Waals surface area contributed by atoms with Crippen LogP contribution in [0.2, 0.25) is 0 Å². The number of fused-ring (bicyclic) bond motifs is 1. The zero-order valence-electron chi connectivity index (χ0n) is 19.5. The lowest BCUT2D eigenvalue weighted by molar-refractivity contribution is -0.177. The third-order valence-corrected chi connectivity index (χ3v) is 7.46. The van der Waals surface area contributed by atoms with Crippen molar-refractivity contribution in [3.63, 3.8) is 0 Å². The minimum Gasteiger partial charge on any atom is -0.388 e. The number of hydrogen-bond donors (Lipinski definition) is 1. The molecule has 29 heavy (non-hydrogen) atoms. The van der Waals surface area contributed by atoms with E-state index in [0.717, 1.165) is 24.8 Å². The molecule has 2 rings (SSSR count). The quantitative estimate of drug-likeness (QED) is 0.414. The summed E-state index contributed by atoms with van der Waals surface area (Å²) in [6.07, 6.45) is 10.3. The standard InChI is InChI=1S/C26H40O3/c1-18(2)9-8-13-24(7)21(11-10-19(3)4)16-25(14-12-20(5)6)23(28)15-22(27)17-26(24,25)29/h9-10,12,21,29H,8,11,13-17H2,1-7H3/t21-,24+,25+,26-/m0/s1. The van der Waals surface area contributed by atoms with Gasteiger partial charge in [-0.1, -0.05) is 41.9 Å². The minimum atomic E-state index is -1.28. The van der Waals surface area contributed by atoms with Crippen LogP contribution in [0.4, 0.5) is 0 Å². The van der Waals surface area contributed by atoms with Crippen molar-refractivity contribution in [3.05, 3.63) is 34.9 Å². The molecule has 4 atom stereocenters. The van der Waals surface area contributed by atoms with Crippen LogP contribution in [-0.2, 0) is 9.59 Å². The number of allylic oxidation sites excluding steroid dienone is 6. The molecule has 0 heterocycles. The maximum absolute atomic E-state index is 13.3. The van der Waals surface area contributed by atoms with E-state index >= 15 is 0 Å². The molecule has 0 aromatic rings. The predicted octanol–water partition coefficient (Wildman–Crippen LogP) is 6.12. The van der Waals surface area contributed by atoms with E-state index in [-0.39, 0.29) is 30.3 Å². The first-order valence-corrected chi connectivity index (χ1v) is 11.1. The van der Waals surface area contributed by atoms with E-state index in [9.17, 15) is 14.7 Å². The SMILES string of the molecule is CC(C)=CCC[C@]1(C)[C@@H](CC=C(C)C)C[C@]2(CC=C(C)C)C(=O)CC(=O)C[C@@]21O. The molecule has 0 aliphatic heterocycles. The summed E-state index contributed by atoms with van der Waals surface area (Å²) in [6.45, 7) is 14.5. The average molecular weight is 401 g/mol. The van der Waals surface area contributed by atoms with Crippen LogP contribution in [0, 0.1) is 16.7 Å². The van der Waals surface area contributed by atoms with Crippen LogP contribution in [0.1, 0.15) is 93.4 Å². The van der Waals surface area contributed by atoms with Crippen molar-refractivity contribution in [1.29, 1.82) is 0 Å². The Bertz CT molecular complexity index is 744. The lowest BCUT2D eigenvalue weighted by Gasteiger charge is -2.51. The Morgan fingerprint density at radius 1 is 1.00 bits per heavy atom. The molecular weight excluding hydrogens is 360 g/mol. The van der Waals surface area contributed by atoms with Gasteiger partial charge < -0.3 is 5.11 Å². The van der Waals surface area contributed by atoms with Crippen LogP contribution < -0.4 is 0 Å². The molecule has 162 valence electrons. The molecule has 0 bridgehead atoms. The molecule has 0 saturated heterocycles. The summed E-state index contributed by atoms with van der Waals surface area (Å²) in [6, 6.07) is 0. The smallest absolute Gasteiger partial charge is 0.149 e.